The van der Waals surface area contributed by atoms with E-state index < -0.39 is 17.6 Å². The number of para-hydroxylation sites is 2. The maximum absolute atomic E-state index is 12.5. The van der Waals surface area contributed by atoms with Crippen LogP contribution in [0, 0.1) is 6.92 Å². The van der Waals surface area contributed by atoms with E-state index >= 15 is 0 Å². The molecule has 0 radical (unpaired) electrons. The lowest BCUT2D eigenvalue weighted by Crippen LogP contribution is -2.30. The molecule has 0 aliphatic carbocycles. The molecule has 7 heteroatoms. The number of nitrogens with zero attached hydrogens (tertiary/aromatic N) is 1. The van der Waals surface area contributed by atoms with Crippen LogP contribution in [0.5, 0.6) is 11.5 Å². The summed E-state index contributed by atoms with van der Waals surface area (Å²) in [5.74, 6) is 1.06. The van der Waals surface area contributed by atoms with Crippen LogP contribution in [0.3, 0.4) is 0 Å². The van der Waals surface area contributed by atoms with Gasteiger partial charge in [-0.2, -0.15) is 0 Å². The van der Waals surface area contributed by atoms with Crippen molar-refractivity contribution in [1.29, 1.82) is 0 Å². The highest BCUT2D eigenvalue weighted by Gasteiger charge is 2.26. The lowest BCUT2D eigenvalue weighted by Gasteiger charge is -2.25. The Bertz CT molecular complexity index is 1060. The molecule has 0 spiro atoms. The number of aryl methyl sites for hydroxylation is 1. The van der Waals surface area contributed by atoms with E-state index in [2.05, 4.69) is 10.3 Å². The molecule has 1 N–H and O–H groups in total. The second kappa shape index (κ2) is 7.56. The second-order valence-corrected chi connectivity index (χ2v) is 6.40. The lowest BCUT2D eigenvalue weighted by atomic mass is 10.1. The third kappa shape index (κ3) is 3.59. The first-order valence-corrected chi connectivity index (χ1v) is 8.82. The fourth-order valence-electron chi connectivity index (χ4n) is 3.00. The number of nitrogens with one attached hydrogen (secondary N) is 1. The molecule has 28 heavy (non-hydrogen) atoms. The highest BCUT2D eigenvalue weighted by atomic mass is 16.6. The zero-order valence-corrected chi connectivity index (χ0v) is 15.2. The van der Waals surface area contributed by atoms with Crippen molar-refractivity contribution in [3.05, 3.63) is 87.7 Å². The Hall–Kier alpha value is -3.61. The van der Waals surface area contributed by atoms with Crippen molar-refractivity contribution in [3.63, 3.8) is 0 Å². The van der Waals surface area contributed by atoms with Crippen LogP contribution in [-0.4, -0.2) is 17.5 Å². The standard InChI is InChI=1S/C21H18N2O5/c1-13-10-17(18-12-26-15-4-2-3-5-16(15)27-18)28-21(25)19(13)20(24)23-11-14-6-8-22-9-7-14/h2-10,18H,11-12H2,1H3,(H,23,24). The van der Waals surface area contributed by atoms with Crippen LogP contribution in [-0.2, 0) is 6.54 Å². The van der Waals surface area contributed by atoms with Gasteiger partial charge >= 0.3 is 5.63 Å². The van der Waals surface area contributed by atoms with Gasteiger partial charge in [0.15, 0.2) is 23.4 Å². The van der Waals surface area contributed by atoms with Crippen LogP contribution in [0.4, 0.5) is 0 Å². The number of carbonyl (C=O) groups excluding carboxylic acids is 1. The summed E-state index contributed by atoms with van der Waals surface area (Å²) >= 11 is 0. The molecule has 2 aromatic heterocycles. The predicted molar refractivity (Wildman–Crippen MR) is 100 cm³/mol. The van der Waals surface area contributed by atoms with Crippen LogP contribution in [0.2, 0.25) is 0 Å². The number of ether oxygens (including phenoxy) is 2. The average Bonchev–Trinajstić information content (AvgIpc) is 2.72. The van der Waals surface area contributed by atoms with Crippen LogP contribution in [0.1, 0.15) is 33.3 Å². The Kier molecular flexibility index (Phi) is 4.80. The highest BCUT2D eigenvalue weighted by molar-refractivity contribution is 5.95. The minimum absolute atomic E-state index is 0.0186. The number of hydrogen-bond acceptors (Lipinski definition) is 6. The van der Waals surface area contributed by atoms with Crippen LogP contribution in [0.25, 0.3) is 0 Å². The maximum atomic E-state index is 12.5. The largest absolute Gasteiger partial charge is 0.485 e. The van der Waals surface area contributed by atoms with E-state index in [1.54, 1.807) is 43.6 Å². The van der Waals surface area contributed by atoms with Crippen molar-refractivity contribution >= 4 is 5.91 Å². The number of amides is 1. The summed E-state index contributed by atoms with van der Waals surface area (Å²) in [5.41, 5.74) is 0.675. The summed E-state index contributed by atoms with van der Waals surface area (Å²) in [6, 6.07) is 12.5. The summed E-state index contributed by atoms with van der Waals surface area (Å²) in [4.78, 5) is 28.9. The number of pyridine rings is 1. The van der Waals surface area contributed by atoms with E-state index in [0.717, 1.165) is 5.56 Å². The molecule has 3 heterocycles. The second-order valence-electron chi connectivity index (χ2n) is 6.40. The molecule has 1 aromatic carbocycles. The number of benzene rings is 1. The SMILES string of the molecule is Cc1cc(C2COc3ccccc3O2)oc(=O)c1C(=O)NCc1ccncc1. The van der Waals surface area contributed by atoms with Gasteiger partial charge in [0.1, 0.15) is 12.2 Å². The van der Waals surface area contributed by atoms with Crippen molar-refractivity contribution in [2.75, 3.05) is 6.61 Å². The summed E-state index contributed by atoms with van der Waals surface area (Å²) in [6.45, 7) is 2.20. The van der Waals surface area contributed by atoms with Gasteiger partial charge in [0.05, 0.1) is 0 Å². The van der Waals surface area contributed by atoms with Crippen molar-refractivity contribution in [2.24, 2.45) is 0 Å². The predicted octanol–water partition coefficient (Wildman–Crippen LogP) is 2.79. The normalized spacial score (nSPS) is 15.1. The third-order valence-electron chi connectivity index (χ3n) is 4.42. The fourth-order valence-corrected chi connectivity index (χ4v) is 3.00. The number of carbonyl (C=O) groups is 1. The summed E-state index contributed by atoms with van der Waals surface area (Å²) in [7, 11) is 0. The minimum Gasteiger partial charge on any atom is -0.485 e. The first-order chi connectivity index (χ1) is 13.6. The van der Waals surface area contributed by atoms with Gasteiger partial charge in [-0.25, -0.2) is 4.79 Å². The van der Waals surface area contributed by atoms with E-state index in [1.807, 2.05) is 18.2 Å². The van der Waals surface area contributed by atoms with Crippen molar-refractivity contribution in [1.82, 2.24) is 10.3 Å². The van der Waals surface area contributed by atoms with Gasteiger partial charge in [-0.3, -0.25) is 9.78 Å². The minimum atomic E-state index is -0.704. The van der Waals surface area contributed by atoms with Gasteiger partial charge in [-0.1, -0.05) is 12.1 Å². The molecule has 1 aliphatic heterocycles. The van der Waals surface area contributed by atoms with Crippen molar-refractivity contribution in [2.45, 2.75) is 19.6 Å². The number of hydrogen-bond donors (Lipinski definition) is 1. The summed E-state index contributed by atoms with van der Waals surface area (Å²) in [6.07, 6.45) is 2.72. The van der Waals surface area contributed by atoms with Crippen LogP contribution < -0.4 is 20.4 Å². The summed E-state index contributed by atoms with van der Waals surface area (Å²) in [5, 5.41) is 2.73. The molecule has 1 amide bonds. The zero-order chi connectivity index (χ0) is 19.5. The molecular weight excluding hydrogens is 360 g/mol. The molecule has 0 saturated heterocycles. The first-order valence-electron chi connectivity index (χ1n) is 8.82. The Morgan fingerprint density at radius 2 is 1.93 bits per heavy atom. The topological polar surface area (TPSA) is 90.7 Å². The molecule has 1 atom stereocenters. The van der Waals surface area contributed by atoms with E-state index in [4.69, 9.17) is 13.9 Å². The average molecular weight is 378 g/mol. The molecule has 3 aromatic rings. The van der Waals surface area contributed by atoms with Crippen molar-refractivity contribution < 1.29 is 18.7 Å². The van der Waals surface area contributed by atoms with Gasteiger partial charge in [0, 0.05) is 18.9 Å². The molecule has 0 saturated carbocycles. The highest BCUT2D eigenvalue weighted by Crippen LogP contribution is 2.35. The van der Waals surface area contributed by atoms with Gasteiger partial charge in [-0.05, 0) is 48.4 Å². The Balaban J connectivity index is 1.52. The lowest BCUT2D eigenvalue weighted by molar-refractivity contribution is 0.0721. The van der Waals surface area contributed by atoms with Crippen molar-refractivity contribution in [3.8, 4) is 11.5 Å². The summed E-state index contributed by atoms with van der Waals surface area (Å²) < 4.78 is 16.9. The van der Waals surface area contributed by atoms with Gasteiger partial charge in [0.2, 0.25) is 0 Å². The monoisotopic (exact) mass is 378 g/mol. The zero-order valence-electron chi connectivity index (χ0n) is 15.2. The maximum Gasteiger partial charge on any atom is 0.349 e. The fraction of sp³-hybridized carbons (Fsp3) is 0.190. The van der Waals surface area contributed by atoms with E-state index in [9.17, 15) is 9.59 Å². The number of fused-ring (bicyclic) bond motifs is 1. The van der Waals surface area contributed by atoms with Gasteiger partial charge in [0.25, 0.3) is 5.91 Å². The first kappa shape index (κ1) is 17.8. The van der Waals surface area contributed by atoms with Gasteiger partial charge in [-0.15, -0.1) is 0 Å². The molecule has 0 fully saturated rings. The molecule has 1 aliphatic rings. The van der Waals surface area contributed by atoms with E-state index in [-0.39, 0.29) is 12.2 Å². The Morgan fingerprint density at radius 3 is 2.68 bits per heavy atom. The van der Waals surface area contributed by atoms with E-state index in [1.165, 1.54) is 0 Å². The molecule has 0 bridgehead atoms. The van der Waals surface area contributed by atoms with E-state index in [0.29, 0.717) is 29.4 Å². The van der Waals surface area contributed by atoms with Crippen LogP contribution in [0.15, 0.2) is 64.1 Å². The van der Waals surface area contributed by atoms with Crippen LogP contribution >= 0.6 is 0 Å². The van der Waals surface area contributed by atoms with Gasteiger partial charge < -0.3 is 19.2 Å². The molecule has 1 unspecified atom stereocenters. The number of rotatable bonds is 4. The molecule has 4 rings (SSSR count). The number of aromatic nitrogens is 1. The third-order valence-corrected chi connectivity index (χ3v) is 4.42. The Morgan fingerprint density at radius 1 is 1.18 bits per heavy atom. The Labute approximate surface area is 160 Å². The smallest absolute Gasteiger partial charge is 0.349 e. The molecular formula is C21H18N2O5. The molecule has 142 valence electrons. The molecule has 7 nitrogen and oxygen atoms in total. The quantitative estimate of drug-likeness (QED) is 0.751.